The molecule has 0 atom stereocenters. The van der Waals surface area contributed by atoms with Gasteiger partial charge in [0.1, 0.15) is 12.7 Å². The Balaban J connectivity index is 1.81. The standard InChI is InChI=1S/C12H20N8S/c1-21-7-5-3-2-4-6-15-11-17-10(13)18-12(19-11)20-9-14-8-16-20/h8-9H,2-7H2,1H3,(H3,13,15,17,18,19). The van der Waals surface area contributed by atoms with E-state index in [1.807, 2.05) is 11.8 Å². The van der Waals surface area contributed by atoms with Gasteiger partial charge >= 0.3 is 0 Å². The van der Waals surface area contributed by atoms with E-state index in [2.05, 4.69) is 36.6 Å². The first-order valence-corrected chi connectivity index (χ1v) is 8.28. The molecule has 9 heteroatoms. The first-order chi connectivity index (χ1) is 10.3. The number of rotatable bonds is 9. The Morgan fingerprint density at radius 1 is 1.19 bits per heavy atom. The zero-order chi connectivity index (χ0) is 14.9. The normalized spacial score (nSPS) is 10.7. The van der Waals surface area contributed by atoms with Crippen LogP contribution in [0.2, 0.25) is 0 Å². The molecule has 0 aliphatic carbocycles. The van der Waals surface area contributed by atoms with Gasteiger partial charge in [-0.1, -0.05) is 12.8 Å². The average Bonchev–Trinajstić information content (AvgIpc) is 3.00. The van der Waals surface area contributed by atoms with Crippen molar-refractivity contribution >= 4 is 23.7 Å². The van der Waals surface area contributed by atoms with Gasteiger partial charge in [0.25, 0.3) is 5.95 Å². The van der Waals surface area contributed by atoms with Crippen molar-refractivity contribution in [1.29, 1.82) is 0 Å². The highest BCUT2D eigenvalue weighted by molar-refractivity contribution is 7.98. The molecule has 0 amide bonds. The van der Waals surface area contributed by atoms with Gasteiger partial charge in [-0.15, -0.1) is 0 Å². The lowest BCUT2D eigenvalue weighted by Crippen LogP contribution is -2.12. The van der Waals surface area contributed by atoms with Crippen molar-refractivity contribution in [3.8, 4) is 5.95 Å². The second-order valence-corrected chi connectivity index (χ2v) is 5.48. The summed E-state index contributed by atoms with van der Waals surface area (Å²) in [5.41, 5.74) is 5.68. The van der Waals surface area contributed by atoms with Gasteiger partial charge in [0.15, 0.2) is 0 Å². The molecule has 0 saturated heterocycles. The molecular formula is C12H20N8S. The number of nitrogens with two attached hydrogens (primary N) is 1. The summed E-state index contributed by atoms with van der Waals surface area (Å²) in [4.78, 5) is 16.2. The molecule has 0 radical (unpaired) electrons. The van der Waals surface area contributed by atoms with E-state index < -0.39 is 0 Å². The highest BCUT2D eigenvalue weighted by Crippen LogP contribution is 2.07. The van der Waals surface area contributed by atoms with E-state index in [9.17, 15) is 0 Å². The van der Waals surface area contributed by atoms with E-state index in [0.717, 1.165) is 13.0 Å². The molecule has 2 aromatic heterocycles. The molecule has 0 saturated carbocycles. The maximum absolute atomic E-state index is 5.68. The van der Waals surface area contributed by atoms with Gasteiger partial charge < -0.3 is 11.1 Å². The van der Waals surface area contributed by atoms with Crippen LogP contribution in [-0.4, -0.2) is 48.3 Å². The summed E-state index contributed by atoms with van der Waals surface area (Å²) in [7, 11) is 0. The van der Waals surface area contributed by atoms with Crippen molar-refractivity contribution in [2.24, 2.45) is 0 Å². The number of nitrogen functional groups attached to an aromatic ring is 1. The summed E-state index contributed by atoms with van der Waals surface area (Å²) in [6.45, 7) is 0.819. The van der Waals surface area contributed by atoms with Gasteiger partial charge in [0.2, 0.25) is 11.9 Å². The largest absolute Gasteiger partial charge is 0.368 e. The molecule has 114 valence electrons. The van der Waals surface area contributed by atoms with Gasteiger partial charge in [-0.05, 0) is 24.9 Å². The summed E-state index contributed by atoms with van der Waals surface area (Å²) >= 11 is 1.89. The molecule has 8 nitrogen and oxygen atoms in total. The molecule has 0 aromatic carbocycles. The number of nitrogens with one attached hydrogen (secondary N) is 1. The second-order valence-electron chi connectivity index (χ2n) is 4.49. The first-order valence-electron chi connectivity index (χ1n) is 6.89. The van der Waals surface area contributed by atoms with Crippen LogP contribution in [0.5, 0.6) is 0 Å². The van der Waals surface area contributed by atoms with Crippen molar-refractivity contribution < 1.29 is 0 Å². The molecule has 3 N–H and O–H groups in total. The van der Waals surface area contributed by atoms with Crippen LogP contribution in [0.1, 0.15) is 25.7 Å². The molecule has 21 heavy (non-hydrogen) atoms. The van der Waals surface area contributed by atoms with Crippen LogP contribution in [0.4, 0.5) is 11.9 Å². The van der Waals surface area contributed by atoms with E-state index >= 15 is 0 Å². The fourth-order valence-electron chi connectivity index (χ4n) is 1.80. The topological polar surface area (TPSA) is 107 Å². The van der Waals surface area contributed by atoms with Gasteiger partial charge in [-0.25, -0.2) is 4.98 Å². The van der Waals surface area contributed by atoms with Gasteiger partial charge in [0.05, 0.1) is 0 Å². The third-order valence-corrected chi connectivity index (χ3v) is 3.52. The summed E-state index contributed by atoms with van der Waals surface area (Å²) in [5, 5.41) is 7.14. The Hall–Kier alpha value is -1.90. The van der Waals surface area contributed by atoms with Crippen molar-refractivity contribution in [1.82, 2.24) is 29.7 Å². The fraction of sp³-hybridized carbons (Fsp3) is 0.583. The Labute approximate surface area is 128 Å². The van der Waals surface area contributed by atoms with Gasteiger partial charge in [-0.3, -0.25) is 0 Å². The summed E-state index contributed by atoms with van der Waals surface area (Å²) in [6.07, 6.45) is 9.89. The average molecular weight is 308 g/mol. The molecule has 0 bridgehead atoms. The number of thioether (sulfide) groups is 1. The smallest absolute Gasteiger partial charge is 0.258 e. The van der Waals surface area contributed by atoms with Crippen molar-refractivity contribution in [3.63, 3.8) is 0 Å². The number of anilines is 2. The predicted molar refractivity (Wildman–Crippen MR) is 84.5 cm³/mol. The van der Waals surface area contributed by atoms with E-state index in [1.54, 1.807) is 0 Å². The summed E-state index contributed by atoms with van der Waals surface area (Å²) in [5.74, 6) is 2.23. The molecule has 2 heterocycles. The summed E-state index contributed by atoms with van der Waals surface area (Å²) < 4.78 is 1.45. The van der Waals surface area contributed by atoms with Crippen molar-refractivity contribution in [3.05, 3.63) is 12.7 Å². The van der Waals surface area contributed by atoms with Gasteiger partial charge in [-0.2, -0.15) is 36.5 Å². The van der Waals surface area contributed by atoms with Crippen LogP contribution in [-0.2, 0) is 0 Å². The van der Waals surface area contributed by atoms with Gasteiger partial charge in [0, 0.05) is 6.54 Å². The third kappa shape index (κ3) is 5.18. The minimum Gasteiger partial charge on any atom is -0.368 e. The Morgan fingerprint density at radius 2 is 2.05 bits per heavy atom. The predicted octanol–water partition coefficient (Wildman–Crippen LogP) is 1.37. The molecule has 0 aliphatic rings. The maximum Gasteiger partial charge on any atom is 0.258 e. The quantitative estimate of drug-likeness (QED) is 0.669. The van der Waals surface area contributed by atoms with Crippen molar-refractivity contribution in [2.75, 3.05) is 29.6 Å². The minimum absolute atomic E-state index is 0.165. The maximum atomic E-state index is 5.68. The Bertz CT molecular complexity index is 530. The SMILES string of the molecule is CSCCCCCCNc1nc(N)nc(-n2cncn2)n1. The lowest BCUT2D eigenvalue weighted by Gasteiger charge is -2.06. The second kappa shape index (κ2) is 8.40. The van der Waals surface area contributed by atoms with Crippen LogP contribution >= 0.6 is 11.8 Å². The van der Waals surface area contributed by atoms with Crippen LogP contribution in [0.25, 0.3) is 5.95 Å². The van der Waals surface area contributed by atoms with Crippen LogP contribution < -0.4 is 11.1 Å². The molecular weight excluding hydrogens is 288 g/mol. The third-order valence-electron chi connectivity index (χ3n) is 2.82. The Kier molecular flexibility index (Phi) is 6.20. The van der Waals surface area contributed by atoms with E-state index in [0.29, 0.717) is 11.9 Å². The number of unbranched alkanes of at least 4 members (excludes halogenated alkanes) is 3. The number of hydrogen-bond acceptors (Lipinski definition) is 8. The monoisotopic (exact) mass is 308 g/mol. The number of aromatic nitrogens is 6. The molecule has 0 unspecified atom stereocenters. The van der Waals surface area contributed by atoms with E-state index in [1.165, 1.54) is 42.4 Å². The number of nitrogens with zero attached hydrogens (tertiary/aromatic N) is 6. The lowest BCUT2D eigenvalue weighted by molar-refractivity contribution is 0.686. The highest BCUT2D eigenvalue weighted by Gasteiger charge is 2.06. The molecule has 0 fully saturated rings. The Morgan fingerprint density at radius 3 is 2.81 bits per heavy atom. The molecule has 0 spiro atoms. The van der Waals surface area contributed by atoms with Crippen LogP contribution in [0, 0.1) is 0 Å². The van der Waals surface area contributed by atoms with E-state index in [4.69, 9.17) is 5.73 Å². The summed E-state index contributed by atoms with van der Waals surface area (Å²) in [6, 6.07) is 0. The zero-order valence-electron chi connectivity index (χ0n) is 12.1. The van der Waals surface area contributed by atoms with Crippen molar-refractivity contribution in [2.45, 2.75) is 25.7 Å². The van der Waals surface area contributed by atoms with Crippen LogP contribution in [0.15, 0.2) is 12.7 Å². The zero-order valence-corrected chi connectivity index (χ0v) is 12.9. The highest BCUT2D eigenvalue weighted by atomic mass is 32.2. The van der Waals surface area contributed by atoms with E-state index in [-0.39, 0.29) is 5.95 Å². The number of hydrogen-bond donors (Lipinski definition) is 2. The minimum atomic E-state index is 0.165. The lowest BCUT2D eigenvalue weighted by atomic mass is 10.2. The molecule has 2 aromatic rings. The van der Waals surface area contributed by atoms with Crippen LogP contribution in [0.3, 0.4) is 0 Å². The molecule has 0 aliphatic heterocycles. The first kappa shape index (κ1) is 15.5. The fourth-order valence-corrected chi connectivity index (χ4v) is 2.29. The molecule has 2 rings (SSSR count).